The molecule has 4 aromatic heterocycles. The number of nitrogens with zero attached hydrogens (tertiary/aromatic N) is 4. The molecular formula is C48H39FIrN4O-2. The van der Waals surface area contributed by atoms with Gasteiger partial charge in [-0.2, -0.15) is 0 Å². The maximum atomic E-state index is 12.6. The van der Waals surface area contributed by atoms with E-state index in [4.69, 9.17) is 13.5 Å². The van der Waals surface area contributed by atoms with E-state index in [0.29, 0.717) is 17.0 Å². The molecule has 0 aliphatic heterocycles. The number of hydrogen-bond acceptors (Lipinski definition) is 4. The van der Waals surface area contributed by atoms with Gasteiger partial charge < -0.3 is 14.0 Å². The quantitative estimate of drug-likeness (QED) is 0.156. The number of pyridine rings is 2. The maximum Gasteiger partial charge on any atom is 0.216 e. The molecule has 9 rings (SSSR count). The molecule has 0 saturated heterocycles. The van der Waals surface area contributed by atoms with E-state index in [1.165, 1.54) is 34.4 Å². The number of hydrogen-bond donors (Lipinski definition) is 0. The Kier molecular flexibility index (Phi) is 9.78. The fraction of sp³-hybridized carbons (Fsp3) is 0.146. The van der Waals surface area contributed by atoms with E-state index >= 15 is 0 Å². The van der Waals surface area contributed by atoms with E-state index in [2.05, 4.69) is 96.8 Å². The third-order valence-corrected chi connectivity index (χ3v) is 9.54. The number of imidazole rings is 1. The first kappa shape index (κ1) is 33.8. The van der Waals surface area contributed by atoms with Crippen LogP contribution in [0, 0.1) is 24.8 Å². The number of aryl methyl sites for hydroxylation is 1. The van der Waals surface area contributed by atoms with Gasteiger partial charge in [-0.25, -0.2) is 4.98 Å². The molecule has 55 heavy (non-hydrogen) atoms. The van der Waals surface area contributed by atoms with Crippen LogP contribution in [0.4, 0.5) is 4.39 Å². The van der Waals surface area contributed by atoms with Crippen LogP contribution in [0.25, 0.3) is 72.6 Å². The maximum absolute atomic E-state index is 12.6. The van der Waals surface area contributed by atoms with Crippen LogP contribution in [0.15, 0.2) is 138 Å². The summed E-state index contributed by atoms with van der Waals surface area (Å²) in [6.45, 7) is 6.60. The normalized spacial score (nSPS) is 12.3. The number of fused-ring (bicyclic) bond motifs is 4. The largest absolute Gasteiger partial charge is 0.486 e. The Labute approximate surface area is 338 Å². The number of para-hydroxylation sites is 2. The molecule has 0 atom stereocenters. The number of furan rings is 1. The molecule has 5 nitrogen and oxygen atoms in total. The zero-order chi connectivity index (χ0) is 39.8. The summed E-state index contributed by atoms with van der Waals surface area (Å²) in [4.78, 5) is 13.7. The Morgan fingerprint density at radius 3 is 2.18 bits per heavy atom. The molecule has 0 unspecified atom stereocenters. The second kappa shape index (κ2) is 15.9. The van der Waals surface area contributed by atoms with E-state index in [1.807, 2.05) is 54.6 Å². The zero-order valence-corrected chi connectivity index (χ0v) is 33.2. The van der Waals surface area contributed by atoms with Crippen molar-refractivity contribution < 1.29 is 33.0 Å². The fourth-order valence-corrected chi connectivity index (χ4v) is 6.91. The van der Waals surface area contributed by atoms with Gasteiger partial charge in [-0.1, -0.05) is 93.2 Å². The van der Waals surface area contributed by atoms with Crippen molar-refractivity contribution in [2.45, 2.75) is 46.4 Å². The zero-order valence-electron chi connectivity index (χ0n) is 33.8. The SMILES string of the molecule is Fc1c[c-]c(-c2ccccn2)cc1.[2H]C([2H])([2H])c1ccc2c(n1)oc1c(-c3nc4ccccc4n3-c3c(C(C)C)cc(-c4ccccc4)cc3C(C)C)[c-]ccc12.[Ir]. The van der Waals surface area contributed by atoms with Gasteiger partial charge in [-0.3, -0.25) is 9.37 Å². The van der Waals surface area contributed by atoms with Crippen molar-refractivity contribution in [3.8, 4) is 39.5 Å². The van der Waals surface area contributed by atoms with Gasteiger partial charge in [0.25, 0.3) is 0 Å². The first-order chi connectivity index (χ1) is 27.5. The standard InChI is InChI=1S/C37H32N3O.C11H7FN.Ir/c1-22(2)30-20-26(25-12-7-6-8-13-25)21-31(23(3)4)34(30)40-33-17-10-9-16-32(33)39-36(40)29-15-11-14-27-28-19-18-24(5)38-37(28)41-35(27)29;12-10-6-4-9(5-7-10)11-3-1-2-8-13-11;/h6-14,16-23H,1-5H3;1-4,6-8H;/q2*-1;/i5D3;;. The molecule has 275 valence electrons. The Bertz CT molecular complexity index is 2820. The smallest absolute Gasteiger partial charge is 0.216 e. The van der Waals surface area contributed by atoms with Crippen molar-refractivity contribution in [1.29, 1.82) is 0 Å². The minimum Gasteiger partial charge on any atom is -0.486 e. The molecule has 0 spiro atoms. The molecule has 0 bridgehead atoms. The molecule has 0 saturated carbocycles. The van der Waals surface area contributed by atoms with Crippen LogP contribution in [0.3, 0.4) is 0 Å². The van der Waals surface area contributed by atoms with Crippen LogP contribution in [0.1, 0.15) is 60.5 Å². The van der Waals surface area contributed by atoms with Crippen LogP contribution in [0.5, 0.6) is 0 Å². The molecular weight excluding hydrogens is 860 g/mol. The molecule has 4 heterocycles. The van der Waals surface area contributed by atoms with Crippen molar-refractivity contribution in [3.63, 3.8) is 0 Å². The van der Waals surface area contributed by atoms with Crippen LogP contribution in [-0.2, 0) is 20.1 Å². The second-order valence-corrected chi connectivity index (χ2v) is 13.8. The molecule has 0 amide bonds. The van der Waals surface area contributed by atoms with Crippen molar-refractivity contribution >= 4 is 33.1 Å². The topological polar surface area (TPSA) is 56.7 Å². The number of benzene rings is 5. The van der Waals surface area contributed by atoms with E-state index < -0.39 is 6.85 Å². The van der Waals surface area contributed by atoms with Gasteiger partial charge in [0, 0.05) is 53.0 Å². The summed E-state index contributed by atoms with van der Waals surface area (Å²) in [6.07, 6.45) is 1.70. The van der Waals surface area contributed by atoms with Crippen molar-refractivity contribution in [3.05, 3.63) is 168 Å². The third kappa shape index (κ3) is 7.38. The molecule has 9 aromatic rings. The van der Waals surface area contributed by atoms with Crippen molar-refractivity contribution in [1.82, 2.24) is 19.5 Å². The monoisotopic (exact) mass is 902 g/mol. The van der Waals surface area contributed by atoms with Crippen molar-refractivity contribution in [2.75, 3.05) is 0 Å². The van der Waals surface area contributed by atoms with E-state index in [1.54, 1.807) is 24.4 Å². The Balaban J connectivity index is 0.000000311. The van der Waals surface area contributed by atoms with Gasteiger partial charge >= 0.3 is 0 Å². The molecule has 0 aliphatic carbocycles. The summed E-state index contributed by atoms with van der Waals surface area (Å²) < 4.78 is 44.7. The predicted molar refractivity (Wildman–Crippen MR) is 217 cm³/mol. The van der Waals surface area contributed by atoms with Gasteiger partial charge in [0.15, 0.2) is 0 Å². The number of halogens is 1. The van der Waals surface area contributed by atoms with E-state index in [9.17, 15) is 4.39 Å². The molecule has 0 fully saturated rings. The fourth-order valence-electron chi connectivity index (χ4n) is 6.91. The van der Waals surface area contributed by atoms with Gasteiger partial charge in [0.05, 0.1) is 22.4 Å². The molecule has 7 heteroatoms. The average Bonchev–Trinajstić information content (AvgIpc) is 3.79. The summed E-state index contributed by atoms with van der Waals surface area (Å²) in [7, 11) is 0. The van der Waals surface area contributed by atoms with Gasteiger partial charge in [-0.05, 0) is 89.1 Å². The molecule has 1 radical (unpaired) electrons. The van der Waals surface area contributed by atoms with E-state index in [-0.39, 0.29) is 49.2 Å². The van der Waals surface area contributed by atoms with Crippen LogP contribution in [-0.4, -0.2) is 19.5 Å². The molecule has 0 aliphatic rings. The predicted octanol–water partition coefficient (Wildman–Crippen LogP) is 12.7. The minimum absolute atomic E-state index is 0. The summed E-state index contributed by atoms with van der Waals surface area (Å²) >= 11 is 0. The third-order valence-electron chi connectivity index (χ3n) is 9.54. The first-order valence-electron chi connectivity index (χ1n) is 19.5. The average molecular weight is 902 g/mol. The molecule has 0 N–H and O–H groups in total. The number of aromatic nitrogens is 4. The van der Waals surface area contributed by atoms with Crippen molar-refractivity contribution in [2.24, 2.45) is 0 Å². The minimum atomic E-state index is -2.33. The van der Waals surface area contributed by atoms with Crippen LogP contribution >= 0.6 is 0 Å². The van der Waals surface area contributed by atoms with Crippen LogP contribution in [0.2, 0.25) is 0 Å². The summed E-state index contributed by atoms with van der Waals surface area (Å²) in [5.74, 6) is 0.894. The second-order valence-electron chi connectivity index (χ2n) is 13.8. The van der Waals surface area contributed by atoms with Gasteiger partial charge in [-0.15, -0.1) is 48.0 Å². The van der Waals surface area contributed by atoms with Gasteiger partial charge in [0.2, 0.25) is 5.71 Å². The summed E-state index contributed by atoms with van der Waals surface area (Å²) in [5.41, 5.74) is 11.0. The van der Waals surface area contributed by atoms with Crippen LogP contribution < -0.4 is 0 Å². The Morgan fingerprint density at radius 2 is 1.49 bits per heavy atom. The Hall–Kier alpha value is -5.75. The number of rotatable bonds is 6. The summed E-state index contributed by atoms with van der Waals surface area (Å²) in [6, 6.07) is 46.7. The first-order valence-corrected chi connectivity index (χ1v) is 18.0. The van der Waals surface area contributed by atoms with E-state index in [0.717, 1.165) is 38.8 Å². The Morgan fingerprint density at radius 1 is 0.745 bits per heavy atom. The summed E-state index contributed by atoms with van der Waals surface area (Å²) in [5, 5.41) is 1.59. The van der Waals surface area contributed by atoms with Gasteiger partial charge in [0.1, 0.15) is 0 Å². The molecule has 5 aromatic carbocycles.